The van der Waals surface area contributed by atoms with Gasteiger partial charge in [-0.1, -0.05) is 36.4 Å². The summed E-state index contributed by atoms with van der Waals surface area (Å²) in [6.45, 7) is 6.03. The van der Waals surface area contributed by atoms with Crippen molar-refractivity contribution < 1.29 is 0 Å². The number of para-hydroxylation sites is 2. The molecule has 1 fully saturated rings. The van der Waals surface area contributed by atoms with Crippen LogP contribution in [0.15, 0.2) is 60.7 Å². The van der Waals surface area contributed by atoms with Gasteiger partial charge in [0.15, 0.2) is 10.2 Å². The summed E-state index contributed by atoms with van der Waals surface area (Å²) in [4.78, 5) is 4.49. The van der Waals surface area contributed by atoms with Crippen molar-refractivity contribution in [1.82, 2.24) is 9.80 Å². The van der Waals surface area contributed by atoms with E-state index in [0.717, 1.165) is 34.7 Å². The standard InChI is InChI=1S/C20H24N4S2/c1-15-13-24(20(26)22-18-11-7-4-8-12-18)16(2)14-23(15)19(25)21-17-9-5-3-6-10-17/h3-12,15-16H,13-14H2,1-2H3,(H,21,25)(H,22,26)/t15-,16-/m0/s1. The van der Waals surface area contributed by atoms with E-state index in [0.29, 0.717) is 0 Å². The number of thiocarbonyl (C=S) groups is 2. The van der Waals surface area contributed by atoms with Gasteiger partial charge in [-0.25, -0.2) is 0 Å². The summed E-state index contributed by atoms with van der Waals surface area (Å²) < 4.78 is 0. The Kier molecular flexibility index (Phi) is 6.06. The summed E-state index contributed by atoms with van der Waals surface area (Å²) in [5, 5.41) is 8.20. The van der Waals surface area contributed by atoms with Gasteiger partial charge in [0.05, 0.1) is 0 Å². The molecule has 0 aliphatic carbocycles. The third kappa shape index (κ3) is 4.51. The van der Waals surface area contributed by atoms with Gasteiger partial charge in [0.2, 0.25) is 0 Å². The fourth-order valence-electron chi connectivity index (χ4n) is 3.13. The average Bonchev–Trinajstić information content (AvgIpc) is 2.64. The molecule has 6 heteroatoms. The molecule has 3 rings (SSSR count). The smallest absolute Gasteiger partial charge is 0.173 e. The molecule has 1 aliphatic heterocycles. The van der Waals surface area contributed by atoms with Gasteiger partial charge < -0.3 is 20.4 Å². The zero-order valence-electron chi connectivity index (χ0n) is 15.1. The van der Waals surface area contributed by atoms with Crippen LogP contribution in [0.5, 0.6) is 0 Å². The lowest BCUT2D eigenvalue weighted by Crippen LogP contribution is -2.60. The normalized spacial score (nSPS) is 19.8. The van der Waals surface area contributed by atoms with E-state index in [1.807, 2.05) is 60.7 Å². The summed E-state index contributed by atoms with van der Waals surface area (Å²) in [6.07, 6.45) is 0. The maximum absolute atomic E-state index is 5.64. The molecule has 2 aromatic carbocycles. The first-order valence-corrected chi connectivity index (χ1v) is 9.61. The van der Waals surface area contributed by atoms with Gasteiger partial charge in [0.25, 0.3) is 0 Å². The average molecular weight is 385 g/mol. The Morgan fingerprint density at radius 3 is 1.42 bits per heavy atom. The second-order valence-corrected chi connectivity index (χ2v) is 7.37. The van der Waals surface area contributed by atoms with Crippen LogP contribution in [0, 0.1) is 0 Å². The molecule has 26 heavy (non-hydrogen) atoms. The summed E-state index contributed by atoms with van der Waals surface area (Å²) >= 11 is 11.3. The molecule has 0 bridgehead atoms. The maximum Gasteiger partial charge on any atom is 0.173 e. The van der Waals surface area contributed by atoms with E-state index in [1.165, 1.54) is 0 Å². The molecule has 1 heterocycles. The van der Waals surface area contributed by atoms with Crippen LogP contribution >= 0.6 is 24.4 Å². The first-order chi connectivity index (χ1) is 12.5. The number of nitrogens with zero attached hydrogens (tertiary/aromatic N) is 2. The molecule has 0 aromatic heterocycles. The fraction of sp³-hybridized carbons (Fsp3) is 0.300. The Morgan fingerprint density at radius 2 is 1.08 bits per heavy atom. The van der Waals surface area contributed by atoms with E-state index < -0.39 is 0 Å². The van der Waals surface area contributed by atoms with Gasteiger partial charge in [-0.3, -0.25) is 0 Å². The van der Waals surface area contributed by atoms with Crippen LogP contribution in [0.25, 0.3) is 0 Å². The topological polar surface area (TPSA) is 30.5 Å². The minimum atomic E-state index is 0.269. The zero-order chi connectivity index (χ0) is 18.5. The summed E-state index contributed by atoms with van der Waals surface area (Å²) in [6, 6.07) is 20.6. The van der Waals surface area contributed by atoms with Crippen LogP contribution in [0.4, 0.5) is 11.4 Å². The molecule has 2 N–H and O–H groups in total. The van der Waals surface area contributed by atoms with Crippen molar-refractivity contribution in [2.24, 2.45) is 0 Å². The van der Waals surface area contributed by atoms with Crippen molar-refractivity contribution >= 4 is 46.0 Å². The highest BCUT2D eigenvalue weighted by atomic mass is 32.1. The lowest BCUT2D eigenvalue weighted by molar-refractivity contribution is 0.150. The molecule has 136 valence electrons. The van der Waals surface area contributed by atoms with E-state index in [4.69, 9.17) is 24.4 Å². The minimum Gasteiger partial charge on any atom is -0.342 e. The second-order valence-electron chi connectivity index (χ2n) is 6.60. The highest BCUT2D eigenvalue weighted by Gasteiger charge is 2.31. The molecular formula is C20H24N4S2. The molecule has 1 aliphatic rings. The monoisotopic (exact) mass is 384 g/mol. The number of nitrogens with one attached hydrogen (secondary N) is 2. The maximum atomic E-state index is 5.64. The van der Waals surface area contributed by atoms with Crippen molar-refractivity contribution in [1.29, 1.82) is 0 Å². The van der Waals surface area contributed by atoms with E-state index >= 15 is 0 Å². The van der Waals surface area contributed by atoms with Gasteiger partial charge in [-0.15, -0.1) is 0 Å². The lowest BCUT2D eigenvalue weighted by Gasteiger charge is -2.46. The number of anilines is 2. The number of hydrogen-bond acceptors (Lipinski definition) is 2. The summed E-state index contributed by atoms with van der Waals surface area (Å²) in [5.41, 5.74) is 2.03. The third-order valence-corrected chi connectivity index (χ3v) is 5.23. The number of piperazine rings is 1. The minimum absolute atomic E-state index is 0.269. The predicted octanol–water partition coefficient (Wildman–Crippen LogP) is 4.18. The second kappa shape index (κ2) is 8.47. The highest BCUT2D eigenvalue weighted by Crippen LogP contribution is 2.19. The fourth-order valence-corrected chi connectivity index (χ4v) is 3.87. The van der Waals surface area contributed by atoms with Crippen molar-refractivity contribution in [2.75, 3.05) is 23.7 Å². The van der Waals surface area contributed by atoms with E-state index in [-0.39, 0.29) is 12.1 Å². The Labute approximate surface area is 166 Å². The van der Waals surface area contributed by atoms with E-state index in [2.05, 4.69) is 34.3 Å². The lowest BCUT2D eigenvalue weighted by atomic mass is 10.1. The summed E-state index contributed by atoms with van der Waals surface area (Å²) in [5.74, 6) is 0. The van der Waals surface area contributed by atoms with Crippen molar-refractivity contribution in [3.63, 3.8) is 0 Å². The van der Waals surface area contributed by atoms with Crippen molar-refractivity contribution in [3.8, 4) is 0 Å². The van der Waals surface area contributed by atoms with Crippen LogP contribution in [0.2, 0.25) is 0 Å². The van der Waals surface area contributed by atoms with Gasteiger partial charge in [0.1, 0.15) is 0 Å². The highest BCUT2D eigenvalue weighted by molar-refractivity contribution is 7.80. The van der Waals surface area contributed by atoms with E-state index in [9.17, 15) is 0 Å². The van der Waals surface area contributed by atoms with E-state index in [1.54, 1.807) is 0 Å². The largest absolute Gasteiger partial charge is 0.342 e. The molecule has 2 aromatic rings. The molecular weight excluding hydrogens is 360 g/mol. The van der Waals surface area contributed by atoms with Crippen LogP contribution in [-0.2, 0) is 0 Å². The summed E-state index contributed by atoms with van der Waals surface area (Å²) in [7, 11) is 0. The Balaban J connectivity index is 1.61. The predicted molar refractivity (Wildman–Crippen MR) is 118 cm³/mol. The number of benzene rings is 2. The Morgan fingerprint density at radius 1 is 0.731 bits per heavy atom. The molecule has 0 saturated carbocycles. The first-order valence-electron chi connectivity index (χ1n) is 8.80. The first kappa shape index (κ1) is 18.6. The molecule has 0 radical (unpaired) electrons. The van der Waals surface area contributed by atoms with Crippen LogP contribution in [0.3, 0.4) is 0 Å². The van der Waals surface area contributed by atoms with Crippen molar-refractivity contribution in [3.05, 3.63) is 60.7 Å². The number of rotatable bonds is 2. The Bertz CT molecular complexity index is 685. The van der Waals surface area contributed by atoms with Gasteiger partial charge in [0, 0.05) is 36.5 Å². The molecule has 2 atom stereocenters. The quantitative estimate of drug-likeness (QED) is 0.756. The molecule has 0 amide bonds. The third-order valence-electron chi connectivity index (χ3n) is 4.56. The van der Waals surface area contributed by atoms with Gasteiger partial charge in [-0.05, 0) is 62.5 Å². The molecule has 0 spiro atoms. The van der Waals surface area contributed by atoms with Crippen LogP contribution < -0.4 is 10.6 Å². The van der Waals surface area contributed by atoms with Crippen LogP contribution in [-0.4, -0.2) is 45.2 Å². The van der Waals surface area contributed by atoms with Crippen LogP contribution in [0.1, 0.15) is 13.8 Å². The SMILES string of the molecule is C[C@H]1CN(C(=S)Nc2ccccc2)[C@@H](C)CN1C(=S)Nc1ccccc1. The van der Waals surface area contributed by atoms with Crippen molar-refractivity contribution in [2.45, 2.75) is 25.9 Å². The van der Waals surface area contributed by atoms with Gasteiger partial charge in [-0.2, -0.15) is 0 Å². The molecule has 1 saturated heterocycles. The number of hydrogen-bond donors (Lipinski definition) is 2. The molecule has 0 unspecified atom stereocenters. The van der Waals surface area contributed by atoms with Gasteiger partial charge >= 0.3 is 0 Å². The Hall–Kier alpha value is -2.18. The zero-order valence-corrected chi connectivity index (χ0v) is 16.7. The molecule has 4 nitrogen and oxygen atoms in total.